The molecule has 19 heavy (non-hydrogen) atoms. The summed E-state index contributed by atoms with van der Waals surface area (Å²) in [6.07, 6.45) is 0. The van der Waals surface area contributed by atoms with Gasteiger partial charge in [0.15, 0.2) is 23.3 Å². The first-order valence-corrected chi connectivity index (χ1v) is 6.23. The fourth-order valence-electron chi connectivity index (χ4n) is 1.38. The van der Waals surface area contributed by atoms with Crippen LogP contribution in [-0.2, 0) is 0 Å². The number of hydrazine groups is 1. The van der Waals surface area contributed by atoms with Crippen molar-refractivity contribution in [1.29, 1.82) is 0 Å². The number of nitrogens with two attached hydrogens (primary N) is 1. The second kappa shape index (κ2) is 5.68. The van der Waals surface area contributed by atoms with Gasteiger partial charge in [-0.25, -0.2) is 19.6 Å². The molecule has 0 aliphatic rings. The molecule has 0 bridgehead atoms. The van der Waals surface area contributed by atoms with Crippen molar-refractivity contribution >= 4 is 44.9 Å². The van der Waals surface area contributed by atoms with Crippen molar-refractivity contribution in [3.05, 3.63) is 45.4 Å². The number of pyridine rings is 1. The molecule has 1 aromatic heterocycles. The minimum Gasteiger partial charge on any atom is -0.337 e. The third-order valence-electron chi connectivity index (χ3n) is 2.25. The van der Waals surface area contributed by atoms with Crippen molar-refractivity contribution in [3.63, 3.8) is 0 Å². The van der Waals surface area contributed by atoms with Gasteiger partial charge >= 0.3 is 0 Å². The van der Waals surface area contributed by atoms with Gasteiger partial charge in [0.25, 0.3) is 0 Å². The van der Waals surface area contributed by atoms with E-state index in [2.05, 4.69) is 26.2 Å². The summed E-state index contributed by atoms with van der Waals surface area (Å²) in [5, 5.41) is 3.17. The molecule has 100 valence electrons. The monoisotopic (exact) mass is 348 g/mol. The molecule has 8 heteroatoms. The molecule has 0 spiro atoms. The molecule has 0 fully saturated rings. The molecule has 1 heterocycles. The fourth-order valence-corrected chi connectivity index (χ4v) is 1.89. The third kappa shape index (κ3) is 3.12. The number of nitrogen functional groups attached to an aromatic ring is 1. The highest BCUT2D eigenvalue weighted by Gasteiger charge is 2.12. The fraction of sp³-hybridized carbons (Fsp3) is 0. The summed E-state index contributed by atoms with van der Waals surface area (Å²) in [4.78, 5) is 3.70. The van der Waals surface area contributed by atoms with Crippen LogP contribution in [0.4, 0.5) is 26.1 Å². The summed E-state index contributed by atoms with van der Waals surface area (Å²) in [5.41, 5.74) is 2.54. The van der Waals surface area contributed by atoms with Crippen molar-refractivity contribution < 1.29 is 8.78 Å². The molecule has 0 aliphatic carbocycles. The predicted molar refractivity (Wildman–Crippen MR) is 74.4 cm³/mol. The number of nitrogens with zero attached hydrogens (tertiary/aromatic N) is 1. The lowest BCUT2D eigenvalue weighted by Crippen LogP contribution is -2.12. The third-order valence-corrected chi connectivity index (χ3v) is 3.17. The average molecular weight is 350 g/mol. The van der Waals surface area contributed by atoms with E-state index in [4.69, 9.17) is 17.4 Å². The largest absolute Gasteiger partial charge is 0.337 e. The highest BCUT2D eigenvalue weighted by Crippen LogP contribution is 2.30. The number of hydrogen-bond acceptors (Lipinski definition) is 4. The highest BCUT2D eigenvalue weighted by atomic mass is 79.9. The molecule has 0 unspecified atom stereocenters. The smallest absolute Gasteiger partial charge is 0.178 e. The number of nitrogens with one attached hydrogen (secondary N) is 2. The maximum atomic E-state index is 13.6. The van der Waals surface area contributed by atoms with Gasteiger partial charge in [-0.1, -0.05) is 11.6 Å². The average Bonchev–Trinajstić information content (AvgIpc) is 2.37. The molecule has 4 N–H and O–H groups in total. The Balaban J connectivity index is 2.40. The van der Waals surface area contributed by atoms with Crippen LogP contribution >= 0.6 is 27.5 Å². The number of hydrogen-bond donors (Lipinski definition) is 3. The van der Waals surface area contributed by atoms with Crippen molar-refractivity contribution in [2.45, 2.75) is 0 Å². The van der Waals surface area contributed by atoms with Crippen LogP contribution in [0.15, 0.2) is 28.7 Å². The Morgan fingerprint density at radius 1 is 1.16 bits per heavy atom. The topological polar surface area (TPSA) is 63.0 Å². The van der Waals surface area contributed by atoms with E-state index in [1.165, 1.54) is 0 Å². The first-order valence-electron chi connectivity index (χ1n) is 5.06. The Morgan fingerprint density at radius 3 is 2.53 bits per heavy atom. The lowest BCUT2D eigenvalue weighted by atomic mass is 10.3. The van der Waals surface area contributed by atoms with E-state index in [0.29, 0.717) is 21.2 Å². The van der Waals surface area contributed by atoms with Gasteiger partial charge in [0.05, 0.1) is 5.69 Å². The molecule has 1 aromatic carbocycles. The van der Waals surface area contributed by atoms with Crippen LogP contribution in [0.5, 0.6) is 0 Å². The second-order valence-corrected chi connectivity index (χ2v) is 4.83. The van der Waals surface area contributed by atoms with Crippen LogP contribution in [0.2, 0.25) is 5.02 Å². The van der Waals surface area contributed by atoms with Crippen LogP contribution in [0, 0.1) is 11.6 Å². The van der Waals surface area contributed by atoms with E-state index in [9.17, 15) is 8.78 Å². The zero-order valence-corrected chi connectivity index (χ0v) is 11.7. The van der Waals surface area contributed by atoms with E-state index in [0.717, 1.165) is 0 Å². The van der Waals surface area contributed by atoms with Gasteiger partial charge in [0.1, 0.15) is 0 Å². The molecule has 0 saturated carbocycles. The maximum Gasteiger partial charge on any atom is 0.178 e. The van der Waals surface area contributed by atoms with Crippen molar-refractivity contribution in [1.82, 2.24) is 4.98 Å². The maximum absolute atomic E-state index is 13.6. The standard InChI is InChI=1S/C11H8BrClF2N4/c12-6-2-1-5(13)3-9(6)17-10-7(14)4-8(15)11(18-10)19-16/h1-4H,16H2,(H2,17,18,19). The van der Waals surface area contributed by atoms with Crippen molar-refractivity contribution in [2.75, 3.05) is 10.7 Å². The van der Waals surface area contributed by atoms with Gasteiger partial charge in [-0.15, -0.1) is 0 Å². The normalized spacial score (nSPS) is 10.4. The van der Waals surface area contributed by atoms with Crippen LogP contribution < -0.4 is 16.6 Å². The molecular formula is C11H8BrClF2N4. The summed E-state index contributed by atoms with van der Waals surface area (Å²) >= 11 is 9.12. The Morgan fingerprint density at radius 2 is 1.84 bits per heavy atom. The summed E-state index contributed by atoms with van der Waals surface area (Å²) in [6.45, 7) is 0. The quantitative estimate of drug-likeness (QED) is 0.582. The Labute approximate surface area is 121 Å². The second-order valence-electron chi connectivity index (χ2n) is 3.54. The Bertz CT molecular complexity index is 624. The van der Waals surface area contributed by atoms with Crippen molar-refractivity contribution in [2.24, 2.45) is 5.84 Å². The van der Waals surface area contributed by atoms with Gasteiger partial charge in [-0.05, 0) is 34.1 Å². The number of benzene rings is 1. The number of rotatable bonds is 3. The summed E-state index contributed by atoms with van der Waals surface area (Å²) < 4.78 is 27.5. The molecule has 0 aliphatic heterocycles. The number of halogens is 4. The lowest BCUT2D eigenvalue weighted by molar-refractivity contribution is 0.579. The van der Waals surface area contributed by atoms with Gasteiger partial charge < -0.3 is 10.7 Å². The van der Waals surface area contributed by atoms with E-state index in [1.807, 2.05) is 5.43 Å². The molecule has 2 rings (SSSR count). The lowest BCUT2D eigenvalue weighted by Gasteiger charge is -2.11. The summed E-state index contributed by atoms with van der Waals surface area (Å²) in [5.74, 6) is 2.93. The Kier molecular flexibility index (Phi) is 4.18. The zero-order chi connectivity index (χ0) is 14.0. The molecule has 0 amide bonds. The van der Waals surface area contributed by atoms with Crippen LogP contribution in [0.25, 0.3) is 0 Å². The molecule has 0 atom stereocenters. The predicted octanol–water partition coefficient (Wildman–Crippen LogP) is 3.80. The number of anilines is 3. The van der Waals surface area contributed by atoms with Crippen LogP contribution in [0.1, 0.15) is 0 Å². The van der Waals surface area contributed by atoms with Crippen LogP contribution in [-0.4, -0.2) is 4.98 Å². The first-order chi connectivity index (χ1) is 9.01. The van der Waals surface area contributed by atoms with Gasteiger partial charge in [-0.2, -0.15) is 0 Å². The van der Waals surface area contributed by atoms with Crippen LogP contribution in [0.3, 0.4) is 0 Å². The molecule has 0 radical (unpaired) electrons. The van der Waals surface area contributed by atoms with E-state index >= 15 is 0 Å². The Hall–Kier alpha value is -1.44. The minimum absolute atomic E-state index is 0.169. The van der Waals surface area contributed by atoms with E-state index in [1.54, 1.807) is 18.2 Å². The molecule has 0 saturated heterocycles. The summed E-state index contributed by atoms with van der Waals surface area (Å²) in [6, 6.07) is 5.61. The number of aromatic nitrogens is 1. The van der Waals surface area contributed by atoms with Gasteiger partial charge in [0.2, 0.25) is 0 Å². The minimum atomic E-state index is -0.879. The molecule has 4 nitrogen and oxygen atoms in total. The van der Waals surface area contributed by atoms with Crippen molar-refractivity contribution in [3.8, 4) is 0 Å². The zero-order valence-electron chi connectivity index (χ0n) is 9.35. The van der Waals surface area contributed by atoms with Gasteiger partial charge in [0, 0.05) is 15.6 Å². The SMILES string of the molecule is NNc1nc(Nc2cc(Cl)ccc2Br)c(F)cc1F. The first kappa shape index (κ1) is 14.0. The summed E-state index contributed by atoms with van der Waals surface area (Å²) in [7, 11) is 0. The molecular weight excluding hydrogens is 342 g/mol. The van der Waals surface area contributed by atoms with Gasteiger partial charge in [-0.3, -0.25) is 0 Å². The van der Waals surface area contributed by atoms with E-state index < -0.39 is 11.6 Å². The van der Waals surface area contributed by atoms with E-state index in [-0.39, 0.29) is 11.6 Å². The molecule has 2 aromatic rings. The highest BCUT2D eigenvalue weighted by molar-refractivity contribution is 9.10.